The molecule has 212 valence electrons. The van der Waals surface area contributed by atoms with Gasteiger partial charge in [0.2, 0.25) is 0 Å². The second-order valence-corrected chi connectivity index (χ2v) is 24.9. The molecule has 6 atom stereocenters. The molecule has 4 rings (SSSR count). The quantitative estimate of drug-likeness (QED) is 0.251. The van der Waals surface area contributed by atoms with Gasteiger partial charge in [-0.3, -0.25) is 0 Å². The molecular weight excluding hydrogens is 496 g/mol. The molecule has 2 fully saturated rings. The first-order valence-corrected chi connectivity index (χ1v) is 20.3. The fraction of sp³-hybridized carbons (Fsp3) is 0.867. The van der Waals surface area contributed by atoms with Crippen molar-refractivity contribution in [1.29, 1.82) is 0 Å². The lowest BCUT2D eigenvalue weighted by molar-refractivity contribution is -0.161. The third-order valence-electron chi connectivity index (χ3n) is 11.2. The summed E-state index contributed by atoms with van der Waals surface area (Å²) in [5.41, 5.74) is -0.476. The van der Waals surface area contributed by atoms with E-state index in [2.05, 4.69) is 92.9 Å². The first kappa shape index (κ1) is 29.7. The van der Waals surface area contributed by atoms with Gasteiger partial charge in [-0.05, 0) is 48.3 Å². The zero-order chi connectivity index (χ0) is 27.7. The molecule has 0 amide bonds. The summed E-state index contributed by atoms with van der Waals surface area (Å²) in [6.45, 7) is 27.3. The van der Waals surface area contributed by atoms with Crippen LogP contribution in [-0.2, 0) is 18.3 Å². The van der Waals surface area contributed by atoms with Gasteiger partial charge in [-0.15, -0.1) is 0 Å². The largest absolute Gasteiger partial charge is 0.416 e. The maximum Gasteiger partial charge on any atom is 0.192 e. The molecule has 2 saturated heterocycles. The van der Waals surface area contributed by atoms with Crippen LogP contribution in [0.3, 0.4) is 0 Å². The predicted octanol–water partition coefficient (Wildman–Crippen LogP) is 6.85. The lowest BCUT2D eigenvalue weighted by atomic mass is 9.44. The van der Waals surface area contributed by atoms with Crippen molar-refractivity contribution in [2.75, 3.05) is 26.4 Å². The van der Waals surface area contributed by atoms with Gasteiger partial charge >= 0.3 is 0 Å². The molecule has 1 aliphatic carbocycles. The van der Waals surface area contributed by atoms with E-state index in [9.17, 15) is 5.11 Å². The third-order valence-corrected chi connectivity index (χ3v) is 20.2. The Morgan fingerprint density at radius 3 is 2.16 bits per heavy atom. The lowest BCUT2D eigenvalue weighted by Crippen LogP contribution is -2.71. The molecule has 0 unspecified atom stereocenters. The fourth-order valence-electron chi connectivity index (χ4n) is 6.60. The first-order valence-electron chi connectivity index (χ1n) is 14.5. The normalized spacial score (nSPS) is 37.6. The van der Waals surface area contributed by atoms with Crippen LogP contribution in [0.4, 0.5) is 0 Å². The molecule has 0 aromatic heterocycles. The van der Waals surface area contributed by atoms with E-state index in [1.807, 2.05) is 0 Å². The second-order valence-electron chi connectivity index (χ2n) is 15.3. The fourth-order valence-corrected chi connectivity index (χ4v) is 8.64. The van der Waals surface area contributed by atoms with Crippen LogP contribution in [0, 0.1) is 16.7 Å². The molecule has 7 heteroatoms. The maximum absolute atomic E-state index is 12.4. The molecule has 3 heterocycles. The molecule has 0 aromatic carbocycles. The minimum absolute atomic E-state index is 0.0639. The zero-order valence-corrected chi connectivity index (χ0v) is 27.5. The molecule has 5 nitrogen and oxygen atoms in total. The zero-order valence-electron chi connectivity index (χ0n) is 25.5. The average molecular weight is 551 g/mol. The minimum Gasteiger partial charge on any atom is -0.416 e. The van der Waals surface area contributed by atoms with Crippen molar-refractivity contribution in [3.05, 3.63) is 23.8 Å². The van der Waals surface area contributed by atoms with Gasteiger partial charge in [-0.2, -0.15) is 0 Å². The van der Waals surface area contributed by atoms with E-state index in [-0.39, 0.29) is 22.1 Å². The number of hydrogen-bond acceptors (Lipinski definition) is 5. The minimum atomic E-state index is -2.09. The van der Waals surface area contributed by atoms with Crippen LogP contribution in [0.25, 0.3) is 0 Å². The molecule has 0 aromatic rings. The Balaban J connectivity index is 1.87. The molecule has 0 radical (unpaired) electrons. The summed E-state index contributed by atoms with van der Waals surface area (Å²) in [5, 5.41) is 12.6. The van der Waals surface area contributed by atoms with Crippen LogP contribution < -0.4 is 0 Å². The van der Waals surface area contributed by atoms with Crippen molar-refractivity contribution < 1.29 is 23.4 Å². The smallest absolute Gasteiger partial charge is 0.192 e. The Morgan fingerprint density at radius 2 is 1.59 bits per heavy atom. The monoisotopic (exact) mass is 550 g/mol. The maximum atomic E-state index is 12.4. The number of hydrogen-bond donors (Lipinski definition) is 1. The highest BCUT2D eigenvalue weighted by molar-refractivity contribution is 6.74. The van der Waals surface area contributed by atoms with Crippen LogP contribution >= 0.6 is 0 Å². The Bertz CT molecular complexity index is 929. The summed E-state index contributed by atoms with van der Waals surface area (Å²) in [6.07, 6.45) is 9.14. The molecular formula is C30H54O5Si2. The average Bonchev–Trinajstić information content (AvgIpc) is 3.30. The van der Waals surface area contributed by atoms with Crippen LogP contribution in [0.1, 0.15) is 67.7 Å². The summed E-state index contributed by atoms with van der Waals surface area (Å²) in [7, 11) is -4.17. The van der Waals surface area contributed by atoms with E-state index in [1.54, 1.807) is 0 Å². The lowest BCUT2D eigenvalue weighted by Gasteiger charge is -2.62. The van der Waals surface area contributed by atoms with E-state index >= 15 is 0 Å². The predicted molar refractivity (Wildman–Crippen MR) is 156 cm³/mol. The van der Waals surface area contributed by atoms with E-state index in [0.29, 0.717) is 26.4 Å². The topological polar surface area (TPSA) is 57.2 Å². The van der Waals surface area contributed by atoms with E-state index in [1.165, 1.54) is 5.57 Å². The third kappa shape index (κ3) is 4.25. The SMILES string of the molecule is CCCC[C@H]1C=C2COC[C@@]34C=C[C@@H](O3)[C@@](CO[Si](C)(C)C(C)(C)C)([C@H]1O)[C@@]24CO[Si](C)(C)C(C)(C)C. The van der Waals surface area contributed by atoms with Crippen molar-refractivity contribution in [3.63, 3.8) is 0 Å². The van der Waals surface area contributed by atoms with Crippen molar-refractivity contribution in [2.24, 2.45) is 16.7 Å². The van der Waals surface area contributed by atoms with Crippen molar-refractivity contribution in [2.45, 2.75) is 122 Å². The Morgan fingerprint density at radius 1 is 1.00 bits per heavy atom. The van der Waals surface area contributed by atoms with Crippen molar-refractivity contribution in [3.8, 4) is 0 Å². The van der Waals surface area contributed by atoms with Gasteiger partial charge in [-0.25, -0.2) is 0 Å². The summed E-state index contributed by atoms with van der Waals surface area (Å²) >= 11 is 0. The van der Waals surface area contributed by atoms with Gasteiger partial charge in [0.05, 0.1) is 36.3 Å². The van der Waals surface area contributed by atoms with Crippen molar-refractivity contribution in [1.82, 2.24) is 0 Å². The van der Waals surface area contributed by atoms with Crippen LogP contribution in [-0.4, -0.2) is 66.0 Å². The molecule has 4 aliphatic rings. The first-order chi connectivity index (χ1) is 16.9. The summed E-state index contributed by atoms with van der Waals surface area (Å²) in [5.74, 6) is 0.0639. The Hall–Kier alpha value is -0.286. The summed E-state index contributed by atoms with van der Waals surface area (Å²) in [6, 6.07) is 0. The number of fused-ring (bicyclic) bond motifs is 2. The second kappa shape index (κ2) is 9.39. The van der Waals surface area contributed by atoms with Gasteiger partial charge in [0.15, 0.2) is 16.6 Å². The van der Waals surface area contributed by atoms with Crippen LogP contribution in [0.15, 0.2) is 23.8 Å². The molecule has 37 heavy (non-hydrogen) atoms. The van der Waals surface area contributed by atoms with E-state index in [4.69, 9.17) is 18.3 Å². The number of aliphatic hydroxyl groups excluding tert-OH is 1. The molecule has 1 N–H and O–H groups in total. The van der Waals surface area contributed by atoms with E-state index < -0.39 is 39.2 Å². The standard InChI is InChI=1S/C30H54O5Si2/c1-12-13-14-22-17-23-18-32-19-28-16-15-24(35-28)29(25(22)31,20-33-36(8,9)26(2,3)4)30(23,28)21-34-37(10,11)27(5,6)7/h15-17,22,24-25,31H,12-14,18-21H2,1-11H3/t22-,24+,25-,28+,29-,30-/m0/s1. The summed E-state index contributed by atoms with van der Waals surface area (Å²) in [4.78, 5) is 0. The highest BCUT2D eigenvalue weighted by atomic mass is 28.4. The Labute approximate surface area is 228 Å². The van der Waals surface area contributed by atoms with Crippen LogP contribution in [0.2, 0.25) is 36.3 Å². The van der Waals surface area contributed by atoms with E-state index in [0.717, 1.165) is 19.3 Å². The highest BCUT2D eigenvalue weighted by Crippen LogP contribution is 2.71. The molecule has 2 bridgehead atoms. The number of aliphatic hydroxyl groups is 1. The molecule has 1 spiro atoms. The van der Waals surface area contributed by atoms with Crippen LogP contribution in [0.5, 0.6) is 0 Å². The van der Waals surface area contributed by atoms with Gasteiger partial charge in [-0.1, -0.05) is 79.5 Å². The number of ether oxygens (including phenoxy) is 2. The van der Waals surface area contributed by atoms with Crippen molar-refractivity contribution >= 4 is 16.6 Å². The van der Waals surface area contributed by atoms with Gasteiger partial charge in [0.25, 0.3) is 0 Å². The number of rotatable bonds is 9. The Kier molecular flexibility index (Phi) is 7.53. The molecule has 0 saturated carbocycles. The number of unbranched alkanes of at least 4 members (excludes halogenated alkanes) is 1. The molecule has 3 aliphatic heterocycles. The van der Waals surface area contributed by atoms with Gasteiger partial charge < -0.3 is 23.4 Å². The summed E-state index contributed by atoms with van der Waals surface area (Å²) < 4.78 is 27.3. The van der Waals surface area contributed by atoms with Gasteiger partial charge in [0, 0.05) is 19.1 Å². The highest BCUT2D eigenvalue weighted by Gasteiger charge is 2.80. The van der Waals surface area contributed by atoms with Gasteiger partial charge in [0.1, 0.15) is 5.60 Å².